The van der Waals surface area contributed by atoms with E-state index in [0.29, 0.717) is 22.2 Å². The summed E-state index contributed by atoms with van der Waals surface area (Å²) in [5, 5.41) is 4.09. The fourth-order valence-corrected chi connectivity index (χ4v) is 2.48. The molecule has 1 N–H and O–H groups in total. The highest BCUT2D eigenvalue weighted by Crippen LogP contribution is 2.26. The number of rotatable bonds is 3. The summed E-state index contributed by atoms with van der Waals surface area (Å²) in [6.45, 7) is 0. The lowest BCUT2D eigenvalue weighted by molar-refractivity contribution is -0.115. The SMILES string of the molecule is O=C(Cc1ccc(Cl)cc1)Nc1ccc(Cl)cc1Br. The van der Waals surface area contributed by atoms with Crippen molar-refractivity contribution < 1.29 is 4.79 Å². The summed E-state index contributed by atoms with van der Waals surface area (Å²) in [5.74, 6) is -0.0923. The van der Waals surface area contributed by atoms with Crippen LogP contribution in [0.2, 0.25) is 10.0 Å². The number of hydrogen-bond donors (Lipinski definition) is 1. The van der Waals surface area contributed by atoms with Crippen LogP contribution in [0.3, 0.4) is 0 Å². The van der Waals surface area contributed by atoms with Crippen LogP contribution in [0.4, 0.5) is 5.69 Å². The molecule has 0 heterocycles. The zero-order valence-electron chi connectivity index (χ0n) is 9.79. The molecule has 19 heavy (non-hydrogen) atoms. The molecule has 2 aromatic carbocycles. The highest BCUT2D eigenvalue weighted by molar-refractivity contribution is 9.10. The number of amides is 1. The van der Waals surface area contributed by atoms with Crippen LogP contribution in [0, 0.1) is 0 Å². The van der Waals surface area contributed by atoms with Crippen molar-refractivity contribution in [1.29, 1.82) is 0 Å². The lowest BCUT2D eigenvalue weighted by Crippen LogP contribution is -2.14. The number of anilines is 1. The average molecular weight is 359 g/mol. The van der Waals surface area contributed by atoms with Crippen LogP contribution in [-0.2, 0) is 11.2 Å². The van der Waals surface area contributed by atoms with Gasteiger partial charge in [0.05, 0.1) is 12.1 Å². The van der Waals surface area contributed by atoms with Crippen molar-refractivity contribution in [2.24, 2.45) is 0 Å². The Labute approximate surface area is 129 Å². The minimum atomic E-state index is -0.0923. The molecular formula is C14H10BrCl2NO. The fraction of sp³-hybridized carbons (Fsp3) is 0.0714. The first-order chi connectivity index (χ1) is 9.04. The van der Waals surface area contributed by atoms with Gasteiger partial charge in [-0.1, -0.05) is 35.3 Å². The van der Waals surface area contributed by atoms with Crippen LogP contribution in [0.25, 0.3) is 0 Å². The van der Waals surface area contributed by atoms with E-state index in [2.05, 4.69) is 21.2 Å². The molecule has 0 unspecified atom stereocenters. The Morgan fingerprint density at radius 1 is 1.05 bits per heavy atom. The highest BCUT2D eigenvalue weighted by atomic mass is 79.9. The van der Waals surface area contributed by atoms with Gasteiger partial charge >= 0.3 is 0 Å². The van der Waals surface area contributed by atoms with E-state index in [1.165, 1.54) is 0 Å². The fourth-order valence-electron chi connectivity index (χ4n) is 1.57. The normalized spacial score (nSPS) is 10.3. The molecule has 0 aliphatic heterocycles. The van der Waals surface area contributed by atoms with E-state index >= 15 is 0 Å². The second-order valence-corrected chi connectivity index (χ2v) is 5.70. The van der Waals surface area contributed by atoms with E-state index in [4.69, 9.17) is 23.2 Å². The molecule has 5 heteroatoms. The first kappa shape index (κ1) is 14.4. The van der Waals surface area contributed by atoms with Gasteiger partial charge in [0, 0.05) is 14.5 Å². The van der Waals surface area contributed by atoms with Crippen molar-refractivity contribution in [3.8, 4) is 0 Å². The van der Waals surface area contributed by atoms with Crippen LogP contribution in [0.5, 0.6) is 0 Å². The molecule has 0 aromatic heterocycles. The van der Waals surface area contributed by atoms with Crippen LogP contribution in [0.1, 0.15) is 5.56 Å². The van der Waals surface area contributed by atoms with Crippen molar-refractivity contribution in [3.63, 3.8) is 0 Å². The molecule has 0 saturated heterocycles. The monoisotopic (exact) mass is 357 g/mol. The number of nitrogens with one attached hydrogen (secondary N) is 1. The zero-order chi connectivity index (χ0) is 13.8. The van der Waals surface area contributed by atoms with Crippen molar-refractivity contribution in [2.45, 2.75) is 6.42 Å². The summed E-state index contributed by atoms with van der Waals surface area (Å²) < 4.78 is 0.754. The second kappa shape index (κ2) is 6.42. The summed E-state index contributed by atoms with van der Waals surface area (Å²) in [6, 6.07) is 12.4. The third-order valence-electron chi connectivity index (χ3n) is 2.48. The molecule has 2 rings (SSSR count). The van der Waals surface area contributed by atoms with Gasteiger partial charge in [-0.3, -0.25) is 4.79 Å². The Hall–Kier alpha value is -1.03. The number of carbonyl (C=O) groups excluding carboxylic acids is 1. The summed E-state index contributed by atoms with van der Waals surface area (Å²) in [4.78, 5) is 11.9. The zero-order valence-corrected chi connectivity index (χ0v) is 12.9. The number of carbonyl (C=O) groups is 1. The molecule has 0 spiro atoms. The van der Waals surface area contributed by atoms with Crippen molar-refractivity contribution in [1.82, 2.24) is 0 Å². The van der Waals surface area contributed by atoms with Crippen molar-refractivity contribution in [2.75, 3.05) is 5.32 Å². The topological polar surface area (TPSA) is 29.1 Å². The molecule has 2 aromatic rings. The minimum Gasteiger partial charge on any atom is -0.325 e. The van der Waals surface area contributed by atoms with Gasteiger partial charge in [0.2, 0.25) is 5.91 Å². The van der Waals surface area contributed by atoms with E-state index in [9.17, 15) is 4.79 Å². The van der Waals surface area contributed by atoms with Gasteiger partial charge in [-0.25, -0.2) is 0 Å². The first-order valence-electron chi connectivity index (χ1n) is 5.54. The molecule has 0 bridgehead atoms. The number of hydrogen-bond acceptors (Lipinski definition) is 1. The Morgan fingerprint density at radius 3 is 2.32 bits per heavy atom. The van der Waals surface area contributed by atoms with Crippen LogP contribution < -0.4 is 5.32 Å². The predicted octanol–water partition coefficient (Wildman–Crippen LogP) is 4.94. The molecule has 0 atom stereocenters. The lowest BCUT2D eigenvalue weighted by atomic mass is 10.1. The largest absolute Gasteiger partial charge is 0.325 e. The van der Waals surface area contributed by atoms with Gasteiger partial charge < -0.3 is 5.32 Å². The Bertz CT molecular complexity index is 599. The smallest absolute Gasteiger partial charge is 0.228 e. The van der Waals surface area contributed by atoms with E-state index in [1.54, 1.807) is 30.3 Å². The summed E-state index contributed by atoms with van der Waals surface area (Å²) >= 11 is 15.0. The average Bonchev–Trinajstić information content (AvgIpc) is 2.36. The maximum atomic E-state index is 11.9. The van der Waals surface area contributed by atoms with Crippen LogP contribution in [-0.4, -0.2) is 5.91 Å². The molecule has 98 valence electrons. The maximum absolute atomic E-state index is 11.9. The summed E-state index contributed by atoms with van der Waals surface area (Å²) in [6.07, 6.45) is 0.298. The summed E-state index contributed by atoms with van der Waals surface area (Å²) in [5.41, 5.74) is 1.61. The lowest BCUT2D eigenvalue weighted by Gasteiger charge is -2.08. The van der Waals surface area contributed by atoms with Crippen LogP contribution in [0.15, 0.2) is 46.9 Å². The van der Waals surface area contributed by atoms with Gasteiger partial charge in [0.25, 0.3) is 0 Å². The Balaban J connectivity index is 2.03. The second-order valence-electron chi connectivity index (χ2n) is 3.98. The van der Waals surface area contributed by atoms with E-state index in [1.807, 2.05) is 12.1 Å². The molecule has 2 nitrogen and oxygen atoms in total. The third kappa shape index (κ3) is 4.23. The first-order valence-corrected chi connectivity index (χ1v) is 7.09. The predicted molar refractivity (Wildman–Crippen MR) is 82.9 cm³/mol. The van der Waals surface area contributed by atoms with Crippen molar-refractivity contribution >= 4 is 50.7 Å². The Kier molecular flexibility index (Phi) is 4.86. The minimum absolute atomic E-state index is 0.0923. The van der Waals surface area contributed by atoms with Crippen LogP contribution >= 0.6 is 39.1 Å². The summed E-state index contributed by atoms with van der Waals surface area (Å²) in [7, 11) is 0. The maximum Gasteiger partial charge on any atom is 0.228 e. The quantitative estimate of drug-likeness (QED) is 0.827. The molecule has 1 amide bonds. The molecule has 0 saturated carbocycles. The van der Waals surface area contributed by atoms with E-state index in [0.717, 1.165) is 10.0 Å². The van der Waals surface area contributed by atoms with Gasteiger partial charge in [-0.15, -0.1) is 0 Å². The third-order valence-corrected chi connectivity index (χ3v) is 3.63. The standard InChI is InChI=1S/C14H10BrCl2NO/c15-12-8-11(17)5-6-13(12)18-14(19)7-9-1-3-10(16)4-2-9/h1-6,8H,7H2,(H,18,19). The van der Waals surface area contributed by atoms with E-state index in [-0.39, 0.29) is 5.91 Å². The van der Waals surface area contributed by atoms with E-state index < -0.39 is 0 Å². The highest BCUT2D eigenvalue weighted by Gasteiger charge is 2.07. The van der Waals surface area contributed by atoms with Gasteiger partial charge in [0.15, 0.2) is 0 Å². The van der Waals surface area contributed by atoms with Crippen molar-refractivity contribution in [3.05, 3.63) is 62.5 Å². The molecule has 0 fully saturated rings. The number of benzene rings is 2. The Morgan fingerprint density at radius 2 is 1.68 bits per heavy atom. The van der Waals surface area contributed by atoms with Gasteiger partial charge in [0.1, 0.15) is 0 Å². The van der Waals surface area contributed by atoms with Gasteiger partial charge in [-0.2, -0.15) is 0 Å². The molecule has 0 aliphatic carbocycles. The molecule has 0 radical (unpaired) electrons. The van der Waals surface area contributed by atoms with Gasteiger partial charge in [-0.05, 0) is 51.8 Å². The molecule has 0 aliphatic rings. The molecular weight excluding hydrogens is 349 g/mol. The number of halogens is 3.